The van der Waals surface area contributed by atoms with Gasteiger partial charge < -0.3 is 10.0 Å². The van der Waals surface area contributed by atoms with Gasteiger partial charge in [0, 0.05) is 20.1 Å². The van der Waals surface area contributed by atoms with Crippen molar-refractivity contribution in [3.63, 3.8) is 0 Å². The molecule has 1 aromatic rings. The summed E-state index contributed by atoms with van der Waals surface area (Å²) in [6, 6.07) is 0. The quantitative estimate of drug-likeness (QED) is 0.881. The van der Waals surface area contributed by atoms with Crippen LogP contribution in [0, 0.1) is 5.92 Å². The maximum Gasteiger partial charge on any atom is 0.308 e. The number of hydrogen-bond acceptors (Lipinski definition) is 3. The number of nitrogens with zero attached hydrogens (tertiary/aromatic N) is 3. The fourth-order valence-corrected chi connectivity index (χ4v) is 2.38. The topological polar surface area (TPSA) is 75.4 Å². The van der Waals surface area contributed by atoms with Gasteiger partial charge in [-0.1, -0.05) is 6.92 Å². The van der Waals surface area contributed by atoms with Crippen LogP contribution in [0.5, 0.6) is 0 Å². The molecule has 0 saturated carbocycles. The van der Waals surface area contributed by atoms with Crippen molar-refractivity contribution in [3.05, 3.63) is 17.5 Å². The van der Waals surface area contributed by atoms with E-state index < -0.39 is 11.9 Å². The first-order chi connectivity index (χ1) is 9.00. The largest absolute Gasteiger partial charge is 0.481 e. The molecule has 1 aliphatic heterocycles. The second-order valence-electron chi connectivity index (χ2n) is 5.11. The Morgan fingerprint density at radius 2 is 2.26 bits per heavy atom. The number of aliphatic carboxylic acids is 1. The molecule has 2 heterocycles. The van der Waals surface area contributed by atoms with Gasteiger partial charge in [0.05, 0.1) is 23.4 Å². The molecule has 0 aliphatic carbocycles. The van der Waals surface area contributed by atoms with E-state index in [0.29, 0.717) is 5.56 Å². The maximum absolute atomic E-state index is 12.3. The second-order valence-corrected chi connectivity index (χ2v) is 5.11. The van der Waals surface area contributed by atoms with E-state index in [4.69, 9.17) is 5.11 Å². The zero-order valence-corrected chi connectivity index (χ0v) is 11.3. The lowest BCUT2D eigenvalue weighted by Crippen LogP contribution is -2.34. The van der Waals surface area contributed by atoms with Crippen molar-refractivity contribution in [1.82, 2.24) is 14.7 Å². The summed E-state index contributed by atoms with van der Waals surface area (Å²) in [6.45, 7) is 2.66. The molecule has 0 spiro atoms. The van der Waals surface area contributed by atoms with E-state index in [2.05, 4.69) is 5.10 Å². The van der Waals surface area contributed by atoms with Crippen LogP contribution in [-0.2, 0) is 17.8 Å². The van der Waals surface area contributed by atoms with Gasteiger partial charge in [0.2, 0.25) is 0 Å². The highest BCUT2D eigenvalue weighted by Gasteiger charge is 2.24. The number of amides is 1. The lowest BCUT2D eigenvalue weighted by molar-refractivity contribution is -0.141. The van der Waals surface area contributed by atoms with Gasteiger partial charge in [0.15, 0.2) is 0 Å². The van der Waals surface area contributed by atoms with Crippen LogP contribution >= 0.6 is 0 Å². The SMILES string of the molecule is CC(CN(C)C(=O)c1cnn2c1CCCC2)C(=O)O. The standard InChI is InChI=1S/C13H19N3O3/c1-9(13(18)19)8-15(2)12(17)10-7-14-16-6-4-3-5-11(10)16/h7,9H,3-6,8H2,1-2H3,(H,18,19). The average molecular weight is 265 g/mol. The number of carbonyl (C=O) groups is 2. The van der Waals surface area contributed by atoms with Crippen LogP contribution in [0.1, 0.15) is 35.8 Å². The highest BCUT2D eigenvalue weighted by atomic mass is 16.4. The molecular weight excluding hydrogens is 246 g/mol. The molecule has 0 bridgehead atoms. The third kappa shape index (κ3) is 2.77. The highest BCUT2D eigenvalue weighted by Crippen LogP contribution is 2.19. The highest BCUT2D eigenvalue weighted by molar-refractivity contribution is 5.95. The van der Waals surface area contributed by atoms with Crippen LogP contribution in [0.2, 0.25) is 0 Å². The molecule has 1 aliphatic rings. The molecule has 1 aromatic heterocycles. The zero-order chi connectivity index (χ0) is 14.0. The van der Waals surface area contributed by atoms with E-state index in [1.807, 2.05) is 4.68 Å². The number of hydrogen-bond donors (Lipinski definition) is 1. The minimum atomic E-state index is -0.892. The number of aromatic nitrogens is 2. The average Bonchev–Trinajstić information content (AvgIpc) is 2.81. The number of carboxylic acids is 1. The summed E-state index contributed by atoms with van der Waals surface area (Å²) in [5.74, 6) is -1.60. The van der Waals surface area contributed by atoms with Gasteiger partial charge in [0.25, 0.3) is 5.91 Å². The Kier molecular flexibility index (Phi) is 3.87. The van der Waals surface area contributed by atoms with Crippen LogP contribution in [0.15, 0.2) is 6.20 Å². The van der Waals surface area contributed by atoms with Crippen molar-refractivity contribution in [2.75, 3.05) is 13.6 Å². The Balaban J connectivity index is 2.11. The molecule has 6 heteroatoms. The third-order valence-electron chi connectivity index (χ3n) is 3.53. The molecule has 0 saturated heterocycles. The van der Waals surface area contributed by atoms with Crippen LogP contribution in [0.4, 0.5) is 0 Å². The van der Waals surface area contributed by atoms with Crippen LogP contribution in [-0.4, -0.2) is 45.3 Å². The number of rotatable bonds is 4. The smallest absolute Gasteiger partial charge is 0.308 e. The molecule has 1 N–H and O–H groups in total. The maximum atomic E-state index is 12.3. The molecule has 19 heavy (non-hydrogen) atoms. The first-order valence-electron chi connectivity index (χ1n) is 6.53. The van der Waals surface area contributed by atoms with E-state index >= 15 is 0 Å². The molecule has 0 fully saturated rings. The van der Waals surface area contributed by atoms with E-state index in [0.717, 1.165) is 31.5 Å². The van der Waals surface area contributed by atoms with Crippen molar-refractivity contribution >= 4 is 11.9 Å². The Hall–Kier alpha value is -1.85. The van der Waals surface area contributed by atoms with Crippen molar-refractivity contribution in [2.24, 2.45) is 5.92 Å². The summed E-state index contributed by atoms with van der Waals surface area (Å²) >= 11 is 0. The summed E-state index contributed by atoms with van der Waals surface area (Å²) in [4.78, 5) is 24.6. The molecule has 0 radical (unpaired) electrons. The summed E-state index contributed by atoms with van der Waals surface area (Å²) in [6.07, 6.45) is 4.63. The third-order valence-corrected chi connectivity index (χ3v) is 3.53. The van der Waals surface area contributed by atoms with Gasteiger partial charge in [-0.2, -0.15) is 5.10 Å². The zero-order valence-electron chi connectivity index (χ0n) is 11.3. The summed E-state index contributed by atoms with van der Waals surface area (Å²) in [5.41, 5.74) is 1.59. The minimum absolute atomic E-state index is 0.142. The number of carbonyl (C=O) groups excluding carboxylic acids is 1. The van der Waals surface area contributed by atoms with Gasteiger partial charge in [-0.3, -0.25) is 14.3 Å². The summed E-state index contributed by atoms with van der Waals surface area (Å²) in [7, 11) is 1.63. The Bertz CT molecular complexity index is 495. The van der Waals surface area contributed by atoms with E-state index in [1.165, 1.54) is 4.90 Å². The lowest BCUT2D eigenvalue weighted by Gasteiger charge is -2.20. The molecule has 0 aromatic carbocycles. The summed E-state index contributed by atoms with van der Waals surface area (Å²) in [5, 5.41) is 13.1. The van der Waals surface area contributed by atoms with Crippen molar-refractivity contribution in [1.29, 1.82) is 0 Å². The fourth-order valence-electron chi connectivity index (χ4n) is 2.38. The normalized spacial score (nSPS) is 15.7. The van der Waals surface area contributed by atoms with Crippen molar-refractivity contribution in [2.45, 2.75) is 32.7 Å². The first kappa shape index (κ1) is 13.6. The number of aryl methyl sites for hydroxylation is 1. The molecular formula is C13H19N3O3. The lowest BCUT2D eigenvalue weighted by atomic mass is 10.1. The number of fused-ring (bicyclic) bond motifs is 1. The van der Waals surface area contributed by atoms with E-state index in [9.17, 15) is 9.59 Å². The molecule has 1 atom stereocenters. The molecule has 2 rings (SSSR count). The van der Waals surface area contributed by atoms with Crippen LogP contribution in [0.25, 0.3) is 0 Å². The fraction of sp³-hybridized carbons (Fsp3) is 0.615. The Morgan fingerprint density at radius 1 is 1.53 bits per heavy atom. The van der Waals surface area contributed by atoms with Crippen molar-refractivity contribution < 1.29 is 14.7 Å². The molecule has 1 unspecified atom stereocenters. The molecule has 104 valence electrons. The van der Waals surface area contributed by atoms with E-state index in [-0.39, 0.29) is 12.5 Å². The first-order valence-corrected chi connectivity index (χ1v) is 6.53. The van der Waals surface area contributed by atoms with Crippen LogP contribution < -0.4 is 0 Å². The minimum Gasteiger partial charge on any atom is -0.481 e. The number of carboxylic acid groups (broad SMARTS) is 1. The van der Waals surface area contributed by atoms with Crippen molar-refractivity contribution in [3.8, 4) is 0 Å². The monoisotopic (exact) mass is 265 g/mol. The van der Waals surface area contributed by atoms with Gasteiger partial charge in [-0.05, 0) is 19.3 Å². The molecule has 1 amide bonds. The Labute approximate surface area is 112 Å². The second kappa shape index (κ2) is 5.42. The Morgan fingerprint density at radius 3 is 2.95 bits per heavy atom. The van der Waals surface area contributed by atoms with Crippen LogP contribution in [0.3, 0.4) is 0 Å². The predicted octanol–water partition coefficient (Wildman–Crippen LogP) is 1.01. The van der Waals surface area contributed by atoms with Gasteiger partial charge in [0.1, 0.15) is 0 Å². The predicted molar refractivity (Wildman–Crippen MR) is 68.9 cm³/mol. The van der Waals surface area contributed by atoms with E-state index in [1.54, 1.807) is 20.2 Å². The molecule has 6 nitrogen and oxygen atoms in total. The van der Waals surface area contributed by atoms with Gasteiger partial charge in [-0.25, -0.2) is 0 Å². The van der Waals surface area contributed by atoms with Gasteiger partial charge in [-0.15, -0.1) is 0 Å². The van der Waals surface area contributed by atoms with Gasteiger partial charge >= 0.3 is 5.97 Å². The summed E-state index contributed by atoms with van der Waals surface area (Å²) < 4.78 is 1.88.